The van der Waals surface area contributed by atoms with Crippen LogP contribution in [0.2, 0.25) is 0 Å². The Morgan fingerprint density at radius 2 is 1.74 bits per heavy atom. The van der Waals surface area contributed by atoms with Crippen LogP contribution in [0.1, 0.15) is 16.7 Å². The first-order chi connectivity index (χ1) is 9.11. The van der Waals surface area contributed by atoms with Crippen molar-refractivity contribution in [1.82, 2.24) is 0 Å². The molecule has 0 bridgehead atoms. The molecule has 0 fully saturated rings. The Hall–Kier alpha value is -1.39. The number of thioether (sulfide) groups is 1. The highest BCUT2D eigenvalue weighted by Gasteiger charge is 2.12. The third kappa shape index (κ3) is 3.33. The molecule has 0 saturated carbocycles. The van der Waals surface area contributed by atoms with Crippen molar-refractivity contribution in [1.29, 1.82) is 0 Å². The summed E-state index contributed by atoms with van der Waals surface area (Å²) < 4.78 is 27.5. The Morgan fingerprint density at radius 3 is 2.32 bits per heavy atom. The summed E-state index contributed by atoms with van der Waals surface area (Å²) >= 11 is 1.13. The quantitative estimate of drug-likeness (QED) is 0.852. The van der Waals surface area contributed by atoms with E-state index in [1.165, 1.54) is 12.1 Å². The number of hydrogen-bond donors (Lipinski definition) is 1. The summed E-state index contributed by atoms with van der Waals surface area (Å²) in [5.74, 6) is -0.732. The van der Waals surface area contributed by atoms with Crippen molar-refractivity contribution in [3.8, 4) is 0 Å². The first-order valence-corrected chi connectivity index (χ1v) is 6.86. The number of aryl methyl sites for hydroxylation is 1. The van der Waals surface area contributed by atoms with Crippen molar-refractivity contribution in [3.05, 3.63) is 64.7 Å². The predicted molar refractivity (Wildman–Crippen MR) is 73.0 cm³/mol. The lowest BCUT2D eigenvalue weighted by molar-refractivity contribution is 0.280. The molecule has 0 radical (unpaired) electrons. The fraction of sp³-hybridized carbons (Fsp3) is 0.200. The van der Waals surface area contributed by atoms with Gasteiger partial charge in [0.2, 0.25) is 0 Å². The van der Waals surface area contributed by atoms with Crippen LogP contribution in [-0.4, -0.2) is 5.11 Å². The van der Waals surface area contributed by atoms with Gasteiger partial charge in [0.1, 0.15) is 11.6 Å². The van der Waals surface area contributed by atoms with Crippen molar-refractivity contribution in [3.63, 3.8) is 0 Å². The average molecular weight is 280 g/mol. The predicted octanol–water partition coefficient (Wildman–Crippen LogP) is 4.06. The average Bonchev–Trinajstić information content (AvgIpc) is 2.39. The Morgan fingerprint density at radius 1 is 1.11 bits per heavy atom. The lowest BCUT2D eigenvalue weighted by atomic mass is 10.1. The minimum absolute atomic E-state index is 0.000420. The molecule has 2 rings (SSSR count). The van der Waals surface area contributed by atoms with Crippen LogP contribution < -0.4 is 0 Å². The molecule has 0 saturated heterocycles. The molecule has 0 atom stereocenters. The van der Waals surface area contributed by atoms with E-state index in [2.05, 4.69) is 0 Å². The molecule has 19 heavy (non-hydrogen) atoms. The zero-order valence-corrected chi connectivity index (χ0v) is 11.3. The second kappa shape index (κ2) is 6.17. The van der Waals surface area contributed by atoms with E-state index >= 15 is 0 Å². The van der Waals surface area contributed by atoms with Crippen molar-refractivity contribution in [2.45, 2.75) is 24.2 Å². The molecule has 1 nitrogen and oxygen atoms in total. The molecule has 0 spiro atoms. The lowest BCUT2D eigenvalue weighted by Gasteiger charge is -2.08. The van der Waals surface area contributed by atoms with Crippen molar-refractivity contribution < 1.29 is 13.9 Å². The molecule has 0 unspecified atom stereocenters. The van der Waals surface area contributed by atoms with Gasteiger partial charge in [0.25, 0.3) is 0 Å². The molecule has 2 aromatic rings. The Labute approximate surface area is 115 Å². The largest absolute Gasteiger partial charge is 0.392 e. The van der Waals surface area contributed by atoms with Gasteiger partial charge in [-0.1, -0.05) is 24.3 Å². The standard InChI is InChI=1S/C15H14F2OS/c1-10-4-2-3-5-12(10)9-19-15-13(16)6-11(8-18)7-14(15)17/h2-7,18H,8-9H2,1H3. The molecule has 0 aliphatic rings. The van der Waals surface area contributed by atoms with Crippen molar-refractivity contribution in [2.24, 2.45) is 0 Å². The minimum Gasteiger partial charge on any atom is -0.392 e. The first kappa shape index (κ1) is 14.0. The highest BCUT2D eigenvalue weighted by molar-refractivity contribution is 7.98. The summed E-state index contributed by atoms with van der Waals surface area (Å²) in [5, 5.41) is 8.88. The fourth-order valence-electron chi connectivity index (χ4n) is 1.76. The molecule has 0 aromatic heterocycles. The van der Waals surface area contributed by atoms with Gasteiger partial charge in [-0.2, -0.15) is 0 Å². The van der Waals surface area contributed by atoms with Crippen LogP contribution in [0.15, 0.2) is 41.3 Å². The SMILES string of the molecule is Cc1ccccc1CSc1c(F)cc(CO)cc1F. The van der Waals surface area contributed by atoms with Crippen LogP contribution in [0.25, 0.3) is 0 Å². The monoisotopic (exact) mass is 280 g/mol. The Bertz CT molecular complexity index is 561. The van der Waals surface area contributed by atoms with Crippen LogP contribution in [0.5, 0.6) is 0 Å². The van der Waals surface area contributed by atoms with Crippen LogP contribution in [-0.2, 0) is 12.4 Å². The van der Waals surface area contributed by atoms with Gasteiger partial charge >= 0.3 is 0 Å². The number of hydrogen-bond acceptors (Lipinski definition) is 2. The minimum atomic E-state index is -0.623. The molecular weight excluding hydrogens is 266 g/mol. The zero-order chi connectivity index (χ0) is 13.8. The number of aliphatic hydroxyl groups is 1. The van der Waals surface area contributed by atoms with Gasteiger partial charge in [-0.05, 0) is 35.7 Å². The van der Waals surface area contributed by atoms with Crippen molar-refractivity contribution in [2.75, 3.05) is 0 Å². The molecule has 0 heterocycles. The summed E-state index contributed by atoms with van der Waals surface area (Å²) in [4.78, 5) is 0.000420. The topological polar surface area (TPSA) is 20.2 Å². The highest BCUT2D eigenvalue weighted by Crippen LogP contribution is 2.30. The van der Waals surface area contributed by atoms with E-state index in [-0.39, 0.29) is 17.1 Å². The second-order valence-corrected chi connectivity index (χ2v) is 5.25. The maximum atomic E-state index is 13.7. The first-order valence-electron chi connectivity index (χ1n) is 5.88. The highest BCUT2D eigenvalue weighted by atomic mass is 32.2. The molecule has 0 aliphatic heterocycles. The third-order valence-corrected chi connectivity index (χ3v) is 4.01. The van der Waals surface area contributed by atoms with Gasteiger partial charge in [-0.15, -0.1) is 11.8 Å². The lowest BCUT2D eigenvalue weighted by Crippen LogP contribution is -1.94. The van der Waals surface area contributed by atoms with Gasteiger partial charge in [-0.25, -0.2) is 8.78 Å². The maximum Gasteiger partial charge on any atom is 0.140 e. The molecule has 0 aliphatic carbocycles. The van der Waals surface area contributed by atoms with Crippen LogP contribution in [0.4, 0.5) is 8.78 Å². The summed E-state index contributed by atoms with van der Waals surface area (Å²) in [6.07, 6.45) is 0. The number of halogens is 2. The fourth-order valence-corrected chi connectivity index (χ4v) is 2.78. The molecule has 2 aromatic carbocycles. The van der Waals surface area contributed by atoms with Gasteiger partial charge in [0.05, 0.1) is 11.5 Å². The summed E-state index contributed by atoms with van der Waals surface area (Å²) in [6, 6.07) is 10.1. The van der Waals surface area contributed by atoms with E-state index in [9.17, 15) is 8.78 Å². The van der Waals surface area contributed by atoms with Crippen LogP contribution in [0, 0.1) is 18.6 Å². The van der Waals surface area contributed by atoms with E-state index in [0.29, 0.717) is 5.75 Å². The zero-order valence-electron chi connectivity index (χ0n) is 10.5. The Kier molecular flexibility index (Phi) is 4.56. The molecular formula is C15H14F2OS. The van der Waals surface area contributed by atoms with Gasteiger partial charge in [0.15, 0.2) is 0 Å². The van der Waals surface area contributed by atoms with Crippen LogP contribution >= 0.6 is 11.8 Å². The maximum absolute atomic E-state index is 13.7. The van der Waals surface area contributed by atoms with Gasteiger partial charge in [0, 0.05) is 5.75 Å². The van der Waals surface area contributed by atoms with E-state index in [4.69, 9.17) is 5.11 Å². The molecule has 100 valence electrons. The Balaban J connectivity index is 2.18. The van der Waals surface area contributed by atoms with E-state index in [0.717, 1.165) is 22.9 Å². The van der Waals surface area contributed by atoms with Crippen LogP contribution in [0.3, 0.4) is 0 Å². The summed E-state index contributed by atoms with van der Waals surface area (Å²) in [7, 11) is 0. The second-order valence-electron chi connectivity index (χ2n) is 4.26. The summed E-state index contributed by atoms with van der Waals surface area (Å²) in [5.41, 5.74) is 2.40. The normalized spacial score (nSPS) is 10.7. The van der Waals surface area contributed by atoms with E-state index in [1.807, 2.05) is 31.2 Å². The number of aliphatic hydroxyl groups excluding tert-OH is 1. The van der Waals surface area contributed by atoms with Gasteiger partial charge in [-0.3, -0.25) is 0 Å². The van der Waals surface area contributed by atoms with E-state index < -0.39 is 11.6 Å². The summed E-state index contributed by atoms with van der Waals surface area (Å²) in [6.45, 7) is 1.61. The number of benzene rings is 2. The van der Waals surface area contributed by atoms with Gasteiger partial charge < -0.3 is 5.11 Å². The third-order valence-electron chi connectivity index (χ3n) is 2.87. The molecule has 4 heteroatoms. The smallest absolute Gasteiger partial charge is 0.140 e. The molecule has 1 N–H and O–H groups in total. The number of rotatable bonds is 4. The van der Waals surface area contributed by atoms with Crippen molar-refractivity contribution >= 4 is 11.8 Å². The van der Waals surface area contributed by atoms with E-state index in [1.54, 1.807) is 0 Å². The molecule has 0 amide bonds.